The van der Waals surface area contributed by atoms with E-state index in [1.165, 1.54) is 0 Å². The van der Waals surface area contributed by atoms with Crippen LogP contribution in [0.15, 0.2) is 47.5 Å². The van der Waals surface area contributed by atoms with Crippen molar-refractivity contribution in [3.63, 3.8) is 0 Å². The van der Waals surface area contributed by atoms with E-state index in [0.717, 1.165) is 28.7 Å². The molecule has 19 heavy (non-hydrogen) atoms. The minimum absolute atomic E-state index is 0.253. The first-order chi connectivity index (χ1) is 9.17. The second-order valence-corrected chi connectivity index (χ2v) is 4.28. The lowest BCUT2D eigenvalue weighted by molar-refractivity contribution is 0.112. The molecule has 2 aromatic rings. The molecule has 0 aliphatic carbocycles. The van der Waals surface area contributed by atoms with Gasteiger partial charge in [0.25, 0.3) is 0 Å². The monoisotopic (exact) mass is 253 g/mol. The summed E-state index contributed by atoms with van der Waals surface area (Å²) in [6.45, 7) is 1.83. The number of benzene rings is 2. The molecule has 0 atom stereocenters. The van der Waals surface area contributed by atoms with Crippen LogP contribution in [-0.4, -0.2) is 24.2 Å². The highest BCUT2D eigenvalue weighted by Gasteiger charge is 2.11. The van der Waals surface area contributed by atoms with E-state index in [1.807, 2.05) is 31.2 Å². The average molecular weight is 253 g/mol. The molecule has 2 aromatic carbocycles. The Balaban J connectivity index is 2.57. The molecule has 0 saturated heterocycles. The Morgan fingerprint density at radius 2 is 1.95 bits per heavy atom. The van der Waals surface area contributed by atoms with Crippen molar-refractivity contribution in [1.29, 1.82) is 0 Å². The number of hydrogen-bond acceptors (Lipinski definition) is 3. The number of aliphatic imine (C=N–C) groups is 1. The fourth-order valence-corrected chi connectivity index (χ4v) is 2.02. The summed E-state index contributed by atoms with van der Waals surface area (Å²) in [5.74, 6) is 0.253. The quantitative estimate of drug-likeness (QED) is 0.675. The number of carbonyl (C=O) groups excluding carboxylic acids is 1. The molecule has 0 aliphatic heterocycles. The zero-order valence-corrected chi connectivity index (χ0v) is 10.9. The molecule has 0 bridgehead atoms. The zero-order valence-electron chi connectivity index (χ0n) is 10.9. The van der Waals surface area contributed by atoms with Crippen molar-refractivity contribution < 1.29 is 9.90 Å². The van der Waals surface area contributed by atoms with Gasteiger partial charge in [0, 0.05) is 23.7 Å². The molecule has 0 spiro atoms. The first-order valence-corrected chi connectivity index (χ1v) is 5.98. The number of carbonyl (C=O) groups is 1. The van der Waals surface area contributed by atoms with Gasteiger partial charge < -0.3 is 5.11 Å². The fourth-order valence-electron chi connectivity index (χ4n) is 2.02. The third-order valence-electron chi connectivity index (χ3n) is 3.04. The highest BCUT2D eigenvalue weighted by molar-refractivity contribution is 6.16. The van der Waals surface area contributed by atoms with Crippen LogP contribution in [-0.2, 0) is 0 Å². The lowest BCUT2D eigenvalue weighted by Gasteiger charge is -2.10. The van der Waals surface area contributed by atoms with Crippen molar-refractivity contribution in [3.8, 4) is 5.75 Å². The second-order valence-electron chi connectivity index (χ2n) is 4.28. The van der Waals surface area contributed by atoms with Gasteiger partial charge in [-0.25, -0.2) is 0 Å². The van der Waals surface area contributed by atoms with Crippen LogP contribution in [0.4, 0.5) is 0 Å². The lowest BCUT2D eigenvalue weighted by atomic mass is 9.97. The Morgan fingerprint density at radius 1 is 1.21 bits per heavy atom. The Morgan fingerprint density at radius 3 is 2.58 bits per heavy atom. The smallest absolute Gasteiger partial charge is 0.150 e. The number of aldehydes is 1. The highest BCUT2D eigenvalue weighted by atomic mass is 16.3. The normalized spacial score (nSPS) is 11.4. The largest absolute Gasteiger partial charge is 0.508 e. The first-order valence-electron chi connectivity index (χ1n) is 5.98. The van der Waals surface area contributed by atoms with Crippen LogP contribution >= 0.6 is 0 Å². The van der Waals surface area contributed by atoms with Crippen LogP contribution in [0.2, 0.25) is 0 Å². The molecule has 0 fully saturated rings. The summed E-state index contributed by atoms with van der Waals surface area (Å²) >= 11 is 0. The molecule has 0 heterocycles. The molecule has 0 aliphatic rings. The van der Waals surface area contributed by atoms with E-state index in [0.29, 0.717) is 5.56 Å². The summed E-state index contributed by atoms with van der Waals surface area (Å²) in [6, 6.07) is 12.6. The molecule has 2 rings (SSSR count). The number of phenolic OH excluding ortho intramolecular Hbond substituents is 1. The standard InChI is InChI=1S/C16H15NO2/c1-11-9-12(7-8-15(11)19)16(17-2)14-6-4-3-5-13(14)10-18/h3-10,19H,1-2H3. The zero-order chi connectivity index (χ0) is 13.8. The molecule has 0 unspecified atom stereocenters. The van der Waals surface area contributed by atoms with E-state index in [2.05, 4.69) is 4.99 Å². The predicted molar refractivity (Wildman–Crippen MR) is 76.2 cm³/mol. The number of aryl methyl sites for hydroxylation is 1. The molecule has 0 aromatic heterocycles. The van der Waals surface area contributed by atoms with E-state index in [1.54, 1.807) is 25.2 Å². The Labute approximate surface area is 112 Å². The first kappa shape index (κ1) is 13.0. The highest BCUT2D eigenvalue weighted by Crippen LogP contribution is 2.21. The van der Waals surface area contributed by atoms with Gasteiger partial charge in [-0.3, -0.25) is 9.79 Å². The van der Waals surface area contributed by atoms with Gasteiger partial charge in [0.1, 0.15) is 5.75 Å². The number of phenols is 1. The van der Waals surface area contributed by atoms with Crippen molar-refractivity contribution in [3.05, 3.63) is 64.7 Å². The van der Waals surface area contributed by atoms with Crippen LogP contribution in [0.5, 0.6) is 5.75 Å². The molecule has 3 heteroatoms. The topological polar surface area (TPSA) is 49.7 Å². The summed E-state index contributed by atoms with van der Waals surface area (Å²) in [5.41, 5.74) is 3.80. The third kappa shape index (κ3) is 2.55. The minimum atomic E-state index is 0.253. The summed E-state index contributed by atoms with van der Waals surface area (Å²) in [7, 11) is 1.69. The van der Waals surface area contributed by atoms with Gasteiger partial charge in [-0.05, 0) is 30.7 Å². The maximum absolute atomic E-state index is 11.1. The molecule has 3 nitrogen and oxygen atoms in total. The van der Waals surface area contributed by atoms with Crippen molar-refractivity contribution in [2.45, 2.75) is 6.92 Å². The van der Waals surface area contributed by atoms with Crippen LogP contribution < -0.4 is 0 Å². The van der Waals surface area contributed by atoms with Crippen molar-refractivity contribution in [2.75, 3.05) is 7.05 Å². The van der Waals surface area contributed by atoms with E-state index >= 15 is 0 Å². The van der Waals surface area contributed by atoms with Gasteiger partial charge in [-0.1, -0.05) is 24.3 Å². The van der Waals surface area contributed by atoms with Crippen LogP contribution in [0.25, 0.3) is 0 Å². The molecule has 0 radical (unpaired) electrons. The molecular weight excluding hydrogens is 238 g/mol. The summed E-state index contributed by atoms with van der Waals surface area (Å²) < 4.78 is 0. The number of rotatable bonds is 3. The van der Waals surface area contributed by atoms with Crippen LogP contribution in [0.1, 0.15) is 27.0 Å². The van der Waals surface area contributed by atoms with Gasteiger partial charge in [-0.15, -0.1) is 0 Å². The van der Waals surface area contributed by atoms with Gasteiger partial charge in [0.2, 0.25) is 0 Å². The summed E-state index contributed by atoms with van der Waals surface area (Å²) in [4.78, 5) is 15.4. The third-order valence-corrected chi connectivity index (χ3v) is 3.04. The number of aromatic hydroxyl groups is 1. The van der Waals surface area contributed by atoms with Crippen LogP contribution in [0, 0.1) is 6.92 Å². The van der Waals surface area contributed by atoms with E-state index in [4.69, 9.17) is 0 Å². The molecule has 1 N–H and O–H groups in total. The maximum atomic E-state index is 11.1. The number of nitrogens with zero attached hydrogens (tertiary/aromatic N) is 1. The maximum Gasteiger partial charge on any atom is 0.150 e. The predicted octanol–water partition coefficient (Wildman–Crippen LogP) is 2.98. The summed E-state index contributed by atoms with van der Waals surface area (Å²) in [6.07, 6.45) is 0.827. The molecule has 0 amide bonds. The summed E-state index contributed by atoms with van der Waals surface area (Å²) in [5, 5.41) is 9.57. The van der Waals surface area contributed by atoms with E-state index < -0.39 is 0 Å². The number of hydrogen-bond donors (Lipinski definition) is 1. The van der Waals surface area contributed by atoms with Crippen molar-refractivity contribution >= 4 is 12.0 Å². The van der Waals surface area contributed by atoms with Gasteiger partial charge in [0.05, 0.1) is 5.71 Å². The molecule has 96 valence electrons. The average Bonchev–Trinajstić information content (AvgIpc) is 2.44. The Kier molecular flexibility index (Phi) is 3.76. The minimum Gasteiger partial charge on any atom is -0.508 e. The Hall–Kier alpha value is -2.42. The van der Waals surface area contributed by atoms with Gasteiger partial charge >= 0.3 is 0 Å². The fraction of sp³-hybridized carbons (Fsp3) is 0.125. The van der Waals surface area contributed by atoms with Crippen LogP contribution in [0.3, 0.4) is 0 Å². The van der Waals surface area contributed by atoms with E-state index in [-0.39, 0.29) is 5.75 Å². The molecular formula is C16H15NO2. The Bertz CT molecular complexity index is 645. The van der Waals surface area contributed by atoms with Gasteiger partial charge in [0.15, 0.2) is 6.29 Å². The van der Waals surface area contributed by atoms with Crippen molar-refractivity contribution in [1.82, 2.24) is 0 Å². The second kappa shape index (κ2) is 5.48. The SMILES string of the molecule is CN=C(c1ccc(O)c(C)c1)c1ccccc1C=O. The molecule has 0 saturated carbocycles. The van der Waals surface area contributed by atoms with Crippen molar-refractivity contribution in [2.24, 2.45) is 4.99 Å². The van der Waals surface area contributed by atoms with E-state index in [9.17, 15) is 9.90 Å². The lowest BCUT2D eigenvalue weighted by Crippen LogP contribution is -2.07. The van der Waals surface area contributed by atoms with Gasteiger partial charge in [-0.2, -0.15) is 0 Å².